The Morgan fingerprint density at radius 2 is 1.50 bits per heavy atom. The zero-order chi connectivity index (χ0) is 19.7. The maximum absolute atomic E-state index is 10.4. The van der Waals surface area contributed by atoms with Crippen LogP contribution in [0.4, 0.5) is 0 Å². The molecule has 2 aromatic rings. The van der Waals surface area contributed by atoms with Gasteiger partial charge in [-0.1, -0.05) is 48.5 Å². The Hall–Kier alpha value is -1.80. The van der Waals surface area contributed by atoms with Crippen LogP contribution in [0, 0.1) is 13.8 Å². The van der Waals surface area contributed by atoms with Crippen molar-refractivity contribution in [2.75, 3.05) is 13.2 Å². The van der Waals surface area contributed by atoms with E-state index in [0.29, 0.717) is 6.61 Å². The van der Waals surface area contributed by atoms with Crippen LogP contribution in [0.2, 0.25) is 0 Å². The lowest BCUT2D eigenvalue weighted by Gasteiger charge is -2.47. The third-order valence-corrected chi connectivity index (χ3v) is 5.41. The SMILES string of the molecule is Cc1ccccc1C1OC2COC(c3ccccc3C)OC2C(C(O)CO)O1. The molecule has 2 heterocycles. The van der Waals surface area contributed by atoms with Crippen molar-refractivity contribution in [1.29, 1.82) is 0 Å². The van der Waals surface area contributed by atoms with Gasteiger partial charge in [0.2, 0.25) is 0 Å². The maximum atomic E-state index is 10.4. The first-order valence-corrected chi connectivity index (χ1v) is 9.56. The van der Waals surface area contributed by atoms with Crippen LogP contribution in [0.15, 0.2) is 48.5 Å². The largest absolute Gasteiger partial charge is 0.394 e. The van der Waals surface area contributed by atoms with E-state index in [1.54, 1.807) is 0 Å². The molecule has 4 rings (SSSR count). The van der Waals surface area contributed by atoms with Crippen LogP contribution < -0.4 is 0 Å². The molecular formula is C22H26O6. The lowest BCUT2D eigenvalue weighted by atomic mass is 9.98. The smallest absolute Gasteiger partial charge is 0.185 e. The van der Waals surface area contributed by atoms with E-state index >= 15 is 0 Å². The highest BCUT2D eigenvalue weighted by Gasteiger charge is 2.48. The quantitative estimate of drug-likeness (QED) is 0.841. The van der Waals surface area contributed by atoms with Gasteiger partial charge >= 0.3 is 0 Å². The summed E-state index contributed by atoms with van der Waals surface area (Å²) in [6.07, 6.45) is -4.01. The third-order valence-electron chi connectivity index (χ3n) is 5.41. The standard InChI is InChI=1S/C22H26O6/c1-13-7-3-5-9-15(13)21-25-12-18-20(28-21)19(17(24)11-23)27-22(26-18)16-10-6-4-8-14(16)2/h3-10,17-24H,11-12H2,1-2H3. The summed E-state index contributed by atoms with van der Waals surface area (Å²) < 4.78 is 24.3. The van der Waals surface area contributed by atoms with E-state index in [1.807, 2.05) is 62.4 Å². The van der Waals surface area contributed by atoms with Gasteiger partial charge in [-0.05, 0) is 25.0 Å². The summed E-state index contributed by atoms with van der Waals surface area (Å²) in [4.78, 5) is 0. The third kappa shape index (κ3) is 3.72. The summed E-state index contributed by atoms with van der Waals surface area (Å²) in [5.74, 6) is 0. The first-order valence-electron chi connectivity index (χ1n) is 9.56. The Balaban J connectivity index is 1.59. The molecule has 28 heavy (non-hydrogen) atoms. The number of aryl methyl sites for hydroxylation is 2. The molecule has 0 amide bonds. The number of benzene rings is 2. The number of rotatable bonds is 4. The lowest BCUT2D eigenvalue weighted by Crippen LogP contribution is -2.58. The van der Waals surface area contributed by atoms with Gasteiger partial charge in [0.05, 0.1) is 13.2 Å². The van der Waals surface area contributed by atoms with E-state index in [4.69, 9.17) is 18.9 Å². The van der Waals surface area contributed by atoms with Gasteiger partial charge in [-0.3, -0.25) is 0 Å². The fourth-order valence-corrected chi connectivity index (χ4v) is 3.79. The fourth-order valence-electron chi connectivity index (χ4n) is 3.79. The van der Waals surface area contributed by atoms with Gasteiger partial charge in [0.15, 0.2) is 12.6 Å². The molecule has 2 aliphatic rings. The van der Waals surface area contributed by atoms with E-state index in [0.717, 1.165) is 22.3 Å². The number of aliphatic hydroxyl groups excluding tert-OH is 2. The molecule has 150 valence electrons. The monoisotopic (exact) mass is 386 g/mol. The number of ether oxygens (including phenoxy) is 4. The van der Waals surface area contributed by atoms with Crippen LogP contribution in [0.3, 0.4) is 0 Å². The molecule has 0 bridgehead atoms. The van der Waals surface area contributed by atoms with Gasteiger partial charge in [-0.2, -0.15) is 0 Å². The Labute approximate surface area is 164 Å². The van der Waals surface area contributed by atoms with Crippen LogP contribution >= 0.6 is 0 Å². The number of hydrogen-bond donors (Lipinski definition) is 2. The van der Waals surface area contributed by atoms with Crippen LogP contribution in [-0.2, 0) is 18.9 Å². The molecule has 0 saturated carbocycles. The zero-order valence-corrected chi connectivity index (χ0v) is 16.0. The summed E-state index contributed by atoms with van der Waals surface area (Å²) in [7, 11) is 0. The second kappa shape index (κ2) is 8.29. The molecule has 0 aromatic heterocycles. The van der Waals surface area contributed by atoms with Crippen molar-refractivity contribution >= 4 is 0 Å². The van der Waals surface area contributed by atoms with Gasteiger partial charge in [0.1, 0.15) is 24.4 Å². The predicted molar refractivity (Wildman–Crippen MR) is 102 cm³/mol. The topological polar surface area (TPSA) is 77.4 Å². The van der Waals surface area contributed by atoms with Crippen molar-refractivity contribution < 1.29 is 29.2 Å². The highest BCUT2D eigenvalue weighted by molar-refractivity contribution is 5.28. The van der Waals surface area contributed by atoms with Gasteiger partial charge < -0.3 is 29.2 Å². The minimum Gasteiger partial charge on any atom is -0.394 e. The second-order valence-corrected chi connectivity index (χ2v) is 7.34. The molecule has 6 heteroatoms. The van der Waals surface area contributed by atoms with Crippen molar-refractivity contribution in [1.82, 2.24) is 0 Å². The average Bonchev–Trinajstić information content (AvgIpc) is 2.73. The normalized spacial score (nSPS) is 31.2. The van der Waals surface area contributed by atoms with Crippen LogP contribution in [0.5, 0.6) is 0 Å². The molecular weight excluding hydrogens is 360 g/mol. The summed E-state index contributed by atoms with van der Waals surface area (Å²) in [6.45, 7) is 3.86. The number of aliphatic hydroxyl groups is 2. The minimum absolute atomic E-state index is 0.310. The summed E-state index contributed by atoms with van der Waals surface area (Å²) in [6, 6.07) is 15.6. The fraction of sp³-hybridized carbons (Fsp3) is 0.455. The first-order chi connectivity index (χ1) is 13.6. The van der Waals surface area contributed by atoms with Crippen molar-refractivity contribution in [3.63, 3.8) is 0 Å². The lowest BCUT2D eigenvalue weighted by molar-refractivity contribution is -0.373. The molecule has 2 saturated heterocycles. The first kappa shape index (κ1) is 19.5. The predicted octanol–water partition coefficient (Wildman–Crippen LogP) is 2.55. The molecule has 0 radical (unpaired) electrons. The molecule has 6 unspecified atom stereocenters. The van der Waals surface area contributed by atoms with E-state index < -0.39 is 43.6 Å². The Kier molecular flexibility index (Phi) is 5.78. The van der Waals surface area contributed by atoms with Crippen molar-refractivity contribution in [2.45, 2.75) is 50.8 Å². The molecule has 2 aromatic carbocycles. The van der Waals surface area contributed by atoms with Gasteiger partial charge in [0.25, 0.3) is 0 Å². The summed E-state index contributed by atoms with van der Waals surface area (Å²) in [5.41, 5.74) is 3.90. The molecule has 0 spiro atoms. The number of hydrogen-bond acceptors (Lipinski definition) is 6. The molecule has 6 atom stereocenters. The van der Waals surface area contributed by atoms with Crippen molar-refractivity contribution in [3.05, 3.63) is 70.8 Å². The van der Waals surface area contributed by atoms with E-state index in [1.165, 1.54) is 0 Å². The average molecular weight is 386 g/mol. The van der Waals surface area contributed by atoms with Gasteiger partial charge in [0, 0.05) is 11.1 Å². The van der Waals surface area contributed by atoms with Gasteiger partial charge in [-0.15, -0.1) is 0 Å². The van der Waals surface area contributed by atoms with E-state index in [-0.39, 0.29) is 0 Å². The minimum atomic E-state index is -1.08. The molecule has 0 aliphatic carbocycles. The van der Waals surface area contributed by atoms with Crippen LogP contribution in [0.25, 0.3) is 0 Å². The second-order valence-electron chi connectivity index (χ2n) is 7.34. The van der Waals surface area contributed by atoms with Crippen LogP contribution in [0.1, 0.15) is 34.8 Å². The molecule has 2 fully saturated rings. The Morgan fingerprint density at radius 1 is 0.893 bits per heavy atom. The maximum Gasteiger partial charge on any atom is 0.185 e. The van der Waals surface area contributed by atoms with E-state index in [9.17, 15) is 10.2 Å². The molecule has 2 N–H and O–H groups in total. The number of fused-ring (bicyclic) bond motifs is 1. The van der Waals surface area contributed by atoms with Crippen LogP contribution in [-0.4, -0.2) is 47.8 Å². The van der Waals surface area contributed by atoms with Gasteiger partial charge in [-0.25, -0.2) is 0 Å². The Morgan fingerprint density at radius 3 is 2.11 bits per heavy atom. The highest BCUT2D eigenvalue weighted by atomic mass is 16.8. The zero-order valence-electron chi connectivity index (χ0n) is 16.0. The van der Waals surface area contributed by atoms with Crippen molar-refractivity contribution in [2.24, 2.45) is 0 Å². The molecule has 2 aliphatic heterocycles. The van der Waals surface area contributed by atoms with Crippen molar-refractivity contribution in [3.8, 4) is 0 Å². The highest BCUT2D eigenvalue weighted by Crippen LogP contribution is 2.39. The Bertz CT molecular complexity index is 807. The summed E-state index contributed by atoms with van der Waals surface area (Å²) in [5, 5.41) is 20.0. The van der Waals surface area contributed by atoms with E-state index in [2.05, 4.69) is 0 Å². The molecule has 6 nitrogen and oxygen atoms in total. The summed E-state index contributed by atoms with van der Waals surface area (Å²) >= 11 is 0.